The van der Waals surface area contributed by atoms with Gasteiger partial charge < -0.3 is 16.0 Å². The molecule has 1 saturated heterocycles. The fourth-order valence-electron chi connectivity index (χ4n) is 2.90. The van der Waals surface area contributed by atoms with Crippen molar-refractivity contribution in [3.8, 4) is 0 Å². The summed E-state index contributed by atoms with van der Waals surface area (Å²) in [6, 6.07) is 0.479. The number of likely N-dealkylation sites (tertiary alicyclic amines) is 1. The van der Waals surface area contributed by atoms with Crippen LogP contribution >= 0.6 is 0 Å². The van der Waals surface area contributed by atoms with Gasteiger partial charge in [0.2, 0.25) is 5.91 Å². The van der Waals surface area contributed by atoms with Crippen molar-refractivity contribution in [1.82, 2.24) is 10.2 Å². The van der Waals surface area contributed by atoms with E-state index in [4.69, 9.17) is 5.73 Å². The summed E-state index contributed by atoms with van der Waals surface area (Å²) in [5, 5.41) is 3.26. The number of carbonyl (C=O) groups excluding carboxylic acids is 1. The van der Waals surface area contributed by atoms with Gasteiger partial charge in [0, 0.05) is 25.6 Å². The summed E-state index contributed by atoms with van der Waals surface area (Å²) in [7, 11) is 0. The Morgan fingerprint density at radius 1 is 1.16 bits per heavy atom. The van der Waals surface area contributed by atoms with E-state index in [9.17, 15) is 4.79 Å². The van der Waals surface area contributed by atoms with E-state index < -0.39 is 0 Å². The van der Waals surface area contributed by atoms with Gasteiger partial charge in [0.25, 0.3) is 0 Å². The minimum atomic E-state index is 0.215. The molecule has 2 aliphatic rings. The molecule has 19 heavy (non-hydrogen) atoms. The van der Waals surface area contributed by atoms with Crippen molar-refractivity contribution in [2.45, 2.75) is 57.4 Å². The van der Waals surface area contributed by atoms with Gasteiger partial charge in [-0.15, -0.1) is 0 Å². The van der Waals surface area contributed by atoms with Gasteiger partial charge in [0.1, 0.15) is 0 Å². The van der Waals surface area contributed by atoms with Crippen molar-refractivity contribution >= 4 is 11.9 Å². The first-order valence-electron chi connectivity index (χ1n) is 7.60. The molecular formula is C14H26N4O. The minimum absolute atomic E-state index is 0.215. The Morgan fingerprint density at radius 3 is 2.53 bits per heavy atom. The second-order valence-electron chi connectivity index (χ2n) is 5.58. The van der Waals surface area contributed by atoms with E-state index in [1.54, 1.807) is 0 Å². The van der Waals surface area contributed by atoms with Crippen molar-refractivity contribution in [2.24, 2.45) is 10.7 Å². The van der Waals surface area contributed by atoms with E-state index in [1.807, 2.05) is 4.90 Å². The standard InChI is InChI=1S/C14H26N4O/c15-14(17-12-6-2-1-3-7-12)16-9-8-13(19)18-10-4-5-11-18/h12H,1-11H2,(H3,15,16,17). The topological polar surface area (TPSA) is 70.7 Å². The summed E-state index contributed by atoms with van der Waals surface area (Å²) < 4.78 is 0. The fourth-order valence-corrected chi connectivity index (χ4v) is 2.90. The fraction of sp³-hybridized carbons (Fsp3) is 0.857. The molecule has 0 aromatic rings. The van der Waals surface area contributed by atoms with Crippen LogP contribution in [0.25, 0.3) is 0 Å². The maximum atomic E-state index is 11.8. The molecule has 0 radical (unpaired) electrons. The monoisotopic (exact) mass is 266 g/mol. The van der Waals surface area contributed by atoms with Crippen LogP contribution in [0, 0.1) is 0 Å². The van der Waals surface area contributed by atoms with Gasteiger partial charge >= 0.3 is 0 Å². The average Bonchev–Trinajstić information content (AvgIpc) is 2.93. The summed E-state index contributed by atoms with van der Waals surface area (Å²) in [5.74, 6) is 0.716. The number of amides is 1. The van der Waals surface area contributed by atoms with Gasteiger partial charge in [0.05, 0.1) is 6.54 Å². The first kappa shape index (κ1) is 14.2. The zero-order chi connectivity index (χ0) is 13.5. The first-order chi connectivity index (χ1) is 9.25. The van der Waals surface area contributed by atoms with Crippen LogP contribution in [0.1, 0.15) is 51.4 Å². The Balaban J connectivity index is 1.64. The quantitative estimate of drug-likeness (QED) is 0.594. The number of guanidine groups is 1. The lowest BCUT2D eigenvalue weighted by atomic mass is 9.96. The molecular weight excluding hydrogens is 240 g/mol. The molecule has 5 nitrogen and oxygen atoms in total. The molecule has 2 fully saturated rings. The van der Waals surface area contributed by atoms with Crippen molar-refractivity contribution in [3.05, 3.63) is 0 Å². The van der Waals surface area contributed by atoms with Crippen LogP contribution in [-0.4, -0.2) is 42.4 Å². The molecule has 108 valence electrons. The van der Waals surface area contributed by atoms with Crippen LogP contribution in [0.15, 0.2) is 4.99 Å². The molecule has 3 N–H and O–H groups in total. The van der Waals surface area contributed by atoms with Crippen LogP contribution in [0.5, 0.6) is 0 Å². The van der Waals surface area contributed by atoms with Gasteiger partial charge in [-0.25, -0.2) is 0 Å². The van der Waals surface area contributed by atoms with Crippen molar-refractivity contribution in [1.29, 1.82) is 0 Å². The molecule has 5 heteroatoms. The van der Waals surface area contributed by atoms with E-state index in [-0.39, 0.29) is 5.91 Å². The van der Waals surface area contributed by atoms with Crippen LogP contribution in [-0.2, 0) is 4.79 Å². The van der Waals surface area contributed by atoms with Crippen LogP contribution in [0.4, 0.5) is 0 Å². The molecule has 1 aliphatic heterocycles. The number of nitrogens with zero attached hydrogens (tertiary/aromatic N) is 2. The lowest BCUT2D eigenvalue weighted by molar-refractivity contribution is -0.129. The van der Waals surface area contributed by atoms with Crippen LogP contribution < -0.4 is 11.1 Å². The zero-order valence-electron chi connectivity index (χ0n) is 11.7. The molecule has 1 aliphatic carbocycles. The Labute approximate surface area is 115 Å². The predicted molar refractivity (Wildman–Crippen MR) is 76.9 cm³/mol. The second kappa shape index (κ2) is 7.36. The second-order valence-corrected chi connectivity index (χ2v) is 5.58. The molecule has 0 atom stereocenters. The van der Waals surface area contributed by atoms with Crippen LogP contribution in [0.2, 0.25) is 0 Å². The van der Waals surface area contributed by atoms with E-state index in [2.05, 4.69) is 10.3 Å². The molecule has 0 spiro atoms. The van der Waals surface area contributed by atoms with Crippen molar-refractivity contribution in [2.75, 3.05) is 19.6 Å². The number of aliphatic imine (C=N–C) groups is 1. The largest absolute Gasteiger partial charge is 0.370 e. The van der Waals surface area contributed by atoms with Gasteiger partial charge in [0.15, 0.2) is 5.96 Å². The van der Waals surface area contributed by atoms with Gasteiger partial charge in [-0.05, 0) is 25.7 Å². The predicted octanol–water partition coefficient (Wildman–Crippen LogP) is 1.24. The lowest BCUT2D eigenvalue weighted by Crippen LogP contribution is -2.41. The molecule has 0 unspecified atom stereocenters. The Morgan fingerprint density at radius 2 is 1.84 bits per heavy atom. The number of nitrogens with one attached hydrogen (secondary N) is 1. The maximum absolute atomic E-state index is 11.8. The van der Waals surface area contributed by atoms with E-state index in [0.717, 1.165) is 25.9 Å². The molecule has 0 aromatic heterocycles. The Bertz CT molecular complexity index is 317. The molecule has 0 aromatic carbocycles. The summed E-state index contributed by atoms with van der Waals surface area (Å²) >= 11 is 0. The molecule has 2 rings (SSSR count). The highest BCUT2D eigenvalue weighted by atomic mass is 16.2. The van der Waals surface area contributed by atoms with Gasteiger partial charge in [-0.2, -0.15) is 0 Å². The van der Waals surface area contributed by atoms with Crippen molar-refractivity contribution in [3.63, 3.8) is 0 Å². The third kappa shape index (κ3) is 4.73. The zero-order valence-corrected chi connectivity index (χ0v) is 11.7. The summed E-state index contributed by atoms with van der Waals surface area (Å²) in [6.07, 6.45) is 9.01. The normalized spacial score (nSPS) is 21.7. The van der Waals surface area contributed by atoms with E-state index in [0.29, 0.717) is 25.0 Å². The smallest absolute Gasteiger partial charge is 0.224 e. The minimum Gasteiger partial charge on any atom is -0.370 e. The highest BCUT2D eigenvalue weighted by Gasteiger charge is 2.17. The first-order valence-corrected chi connectivity index (χ1v) is 7.60. The third-order valence-electron chi connectivity index (χ3n) is 4.02. The van der Waals surface area contributed by atoms with Gasteiger partial charge in [-0.1, -0.05) is 19.3 Å². The van der Waals surface area contributed by atoms with Gasteiger partial charge in [-0.3, -0.25) is 9.79 Å². The van der Waals surface area contributed by atoms with Crippen LogP contribution in [0.3, 0.4) is 0 Å². The summed E-state index contributed by atoms with van der Waals surface area (Å²) in [5.41, 5.74) is 5.86. The number of rotatable bonds is 4. The number of carbonyl (C=O) groups is 1. The lowest BCUT2D eigenvalue weighted by Gasteiger charge is -2.23. The maximum Gasteiger partial charge on any atom is 0.224 e. The SMILES string of the molecule is NC(=NCCC(=O)N1CCCC1)NC1CCCCC1. The molecule has 1 heterocycles. The van der Waals surface area contributed by atoms with E-state index in [1.165, 1.54) is 32.1 Å². The highest BCUT2D eigenvalue weighted by Crippen LogP contribution is 2.17. The highest BCUT2D eigenvalue weighted by molar-refractivity contribution is 5.79. The van der Waals surface area contributed by atoms with Crippen molar-refractivity contribution < 1.29 is 4.79 Å². The molecule has 0 bridgehead atoms. The molecule has 1 saturated carbocycles. The van der Waals surface area contributed by atoms with E-state index >= 15 is 0 Å². The average molecular weight is 266 g/mol. The summed E-state index contributed by atoms with van der Waals surface area (Å²) in [4.78, 5) is 18.0. The number of hydrogen-bond acceptors (Lipinski definition) is 2. The number of hydrogen-bond donors (Lipinski definition) is 2. The Hall–Kier alpha value is -1.26. The Kier molecular flexibility index (Phi) is 5.48. The summed E-state index contributed by atoms with van der Waals surface area (Å²) in [6.45, 7) is 2.33. The molecule has 1 amide bonds. The third-order valence-corrected chi connectivity index (χ3v) is 4.02. The number of nitrogens with two attached hydrogens (primary N) is 1.